The molecule has 0 saturated heterocycles. The van der Waals surface area contributed by atoms with E-state index in [1.54, 1.807) is 32.2 Å². The smallest absolute Gasteiger partial charge is 0.198 e. The van der Waals surface area contributed by atoms with Gasteiger partial charge in [0.2, 0.25) is 0 Å². The fraction of sp³-hybridized carbons (Fsp3) is 0.312. The maximum absolute atomic E-state index is 12.7. The van der Waals surface area contributed by atoms with Crippen LogP contribution in [-0.4, -0.2) is 36.3 Å². The van der Waals surface area contributed by atoms with Crippen molar-refractivity contribution in [2.45, 2.75) is 13.8 Å². The van der Waals surface area contributed by atoms with Gasteiger partial charge in [-0.05, 0) is 32.0 Å². The van der Waals surface area contributed by atoms with Crippen LogP contribution in [0.15, 0.2) is 30.3 Å². The van der Waals surface area contributed by atoms with Gasteiger partial charge in [0, 0.05) is 12.7 Å². The molecule has 0 atom stereocenters. The molecular formula is C16H18N2O3. The van der Waals surface area contributed by atoms with Crippen molar-refractivity contribution in [2.75, 3.05) is 20.3 Å². The Bertz CT molecular complexity index is 641. The van der Waals surface area contributed by atoms with Crippen LogP contribution in [0.1, 0.15) is 27.3 Å². The number of hydrogen-bond acceptors (Lipinski definition) is 5. The molecule has 1 heterocycles. The SMILES string of the molecule is COCCOc1ccccc1C(=O)c1cc(C)nnc1C. The van der Waals surface area contributed by atoms with Crippen LogP contribution in [0.25, 0.3) is 0 Å². The van der Waals surface area contributed by atoms with Crippen LogP contribution in [0.3, 0.4) is 0 Å². The molecule has 0 bridgehead atoms. The molecule has 1 aromatic carbocycles. The Morgan fingerprint density at radius 2 is 1.86 bits per heavy atom. The average Bonchev–Trinajstić information content (AvgIpc) is 2.50. The quantitative estimate of drug-likeness (QED) is 0.602. The number of methoxy groups -OCH3 is 1. The molecule has 1 aromatic heterocycles. The normalized spacial score (nSPS) is 10.4. The van der Waals surface area contributed by atoms with Gasteiger partial charge in [-0.25, -0.2) is 0 Å². The van der Waals surface area contributed by atoms with Gasteiger partial charge in [0.05, 0.1) is 23.6 Å². The highest BCUT2D eigenvalue weighted by atomic mass is 16.5. The van der Waals surface area contributed by atoms with Gasteiger partial charge in [-0.2, -0.15) is 10.2 Å². The van der Waals surface area contributed by atoms with Gasteiger partial charge in [-0.1, -0.05) is 12.1 Å². The van der Waals surface area contributed by atoms with Crippen molar-refractivity contribution in [2.24, 2.45) is 0 Å². The molecule has 0 spiro atoms. The molecule has 0 radical (unpaired) electrons. The zero-order chi connectivity index (χ0) is 15.2. The Kier molecular flexibility index (Phi) is 5.00. The molecule has 0 amide bonds. The van der Waals surface area contributed by atoms with E-state index in [9.17, 15) is 4.79 Å². The predicted octanol–water partition coefficient (Wildman–Crippen LogP) is 2.35. The summed E-state index contributed by atoms with van der Waals surface area (Å²) in [7, 11) is 1.61. The molecule has 0 aliphatic heterocycles. The topological polar surface area (TPSA) is 61.3 Å². The van der Waals surface area contributed by atoms with Gasteiger partial charge in [-0.3, -0.25) is 4.79 Å². The number of aryl methyl sites for hydroxylation is 2. The minimum Gasteiger partial charge on any atom is -0.490 e. The first-order valence-corrected chi connectivity index (χ1v) is 6.70. The van der Waals surface area contributed by atoms with Crippen LogP contribution in [-0.2, 0) is 4.74 Å². The summed E-state index contributed by atoms with van der Waals surface area (Å²) in [5, 5.41) is 7.95. The minimum atomic E-state index is -0.112. The number of hydrogen-bond donors (Lipinski definition) is 0. The number of nitrogens with zero attached hydrogens (tertiary/aromatic N) is 2. The lowest BCUT2D eigenvalue weighted by molar-refractivity contribution is 0.102. The summed E-state index contributed by atoms with van der Waals surface area (Å²) in [5.74, 6) is 0.437. The number of benzene rings is 1. The van der Waals surface area contributed by atoms with Crippen molar-refractivity contribution in [1.29, 1.82) is 0 Å². The Labute approximate surface area is 123 Å². The summed E-state index contributed by atoms with van der Waals surface area (Å²) in [6.45, 7) is 4.45. The maximum Gasteiger partial charge on any atom is 0.198 e. The molecule has 5 heteroatoms. The number of para-hydroxylation sites is 1. The zero-order valence-electron chi connectivity index (χ0n) is 12.4. The van der Waals surface area contributed by atoms with Gasteiger partial charge in [-0.15, -0.1) is 0 Å². The lowest BCUT2D eigenvalue weighted by Crippen LogP contribution is -2.11. The third-order valence-electron chi connectivity index (χ3n) is 3.02. The number of carbonyl (C=O) groups excluding carboxylic acids is 1. The molecule has 2 rings (SSSR count). The Balaban J connectivity index is 2.32. The summed E-state index contributed by atoms with van der Waals surface area (Å²) in [4.78, 5) is 12.7. The average molecular weight is 286 g/mol. The van der Waals surface area contributed by atoms with Crippen molar-refractivity contribution in [3.63, 3.8) is 0 Å². The van der Waals surface area contributed by atoms with Crippen LogP contribution in [0.2, 0.25) is 0 Å². The molecular weight excluding hydrogens is 268 g/mol. The van der Waals surface area contributed by atoms with Gasteiger partial charge in [0.15, 0.2) is 5.78 Å². The van der Waals surface area contributed by atoms with E-state index in [-0.39, 0.29) is 5.78 Å². The molecule has 110 valence electrons. The van der Waals surface area contributed by atoms with Gasteiger partial charge >= 0.3 is 0 Å². The van der Waals surface area contributed by atoms with Crippen molar-refractivity contribution in [3.05, 3.63) is 52.8 Å². The predicted molar refractivity (Wildman–Crippen MR) is 78.8 cm³/mol. The van der Waals surface area contributed by atoms with Crippen molar-refractivity contribution >= 4 is 5.78 Å². The van der Waals surface area contributed by atoms with E-state index in [0.29, 0.717) is 41.5 Å². The number of carbonyl (C=O) groups is 1. The van der Waals surface area contributed by atoms with E-state index in [1.807, 2.05) is 19.1 Å². The second-order valence-electron chi connectivity index (χ2n) is 4.65. The monoisotopic (exact) mass is 286 g/mol. The first kappa shape index (κ1) is 15.1. The summed E-state index contributed by atoms with van der Waals surface area (Å²) >= 11 is 0. The fourth-order valence-electron chi connectivity index (χ4n) is 1.94. The first-order valence-electron chi connectivity index (χ1n) is 6.70. The van der Waals surface area contributed by atoms with Crippen molar-refractivity contribution in [3.8, 4) is 5.75 Å². The van der Waals surface area contributed by atoms with E-state index >= 15 is 0 Å². The van der Waals surface area contributed by atoms with Crippen LogP contribution < -0.4 is 4.74 Å². The van der Waals surface area contributed by atoms with Gasteiger partial charge in [0.1, 0.15) is 12.4 Å². The molecule has 21 heavy (non-hydrogen) atoms. The summed E-state index contributed by atoms with van der Waals surface area (Å²) in [5.41, 5.74) is 2.38. The second kappa shape index (κ2) is 6.95. The molecule has 0 fully saturated rings. The summed E-state index contributed by atoms with van der Waals surface area (Å²) in [6, 6.07) is 8.92. The lowest BCUT2D eigenvalue weighted by atomic mass is 10.0. The lowest BCUT2D eigenvalue weighted by Gasteiger charge is -2.11. The highest BCUT2D eigenvalue weighted by Crippen LogP contribution is 2.22. The molecule has 0 aliphatic carbocycles. The maximum atomic E-state index is 12.7. The highest BCUT2D eigenvalue weighted by Gasteiger charge is 2.17. The Morgan fingerprint density at radius 1 is 1.10 bits per heavy atom. The molecule has 2 aromatic rings. The van der Waals surface area contributed by atoms with E-state index in [4.69, 9.17) is 9.47 Å². The standard InChI is InChI=1S/C16H18N2O3/c1-11-10-14(12(2)18-17-11)16(19)13-6-4-5-7-15(13)21-9-8-20-3/h4-7,10H,8-9H2,1-3H3. The van der Waals surface area contributed by atoms with Crippen molar-refractivity contribution < 1.29 is 14.3 Å². The van der Waals surface area contributed by atoms with Gasteiger partial charge < -0.3 is 9.47 Å². The third-order valence-corrected chi connectivity index (χ3v) is 3.02. The highest BCUT2D eigenvalue weighted by molar-refractivity contribution is 6.11. The second-order valence-corrected chi connectivity index (χ2v) is 4.65. The molecule has 5 nitrogen and oxygen atoms in total. The van der Waals surface area contributed by atoms with E-state index in [1.165, 1.54) is 0 Å². The largest absolute Gasteiger partial charge is 0.490 e. The third kappa shape index (κ3) is 3.64. The minimum absolute atomic E-state index is 0.112. The van der Waals surface area contributed by atoms with E-state index in [2.05, 4.69) is 10.2 Å². The van der Waals surface area contributed by atoms with Crippen LogP contribution in [0, 0.1) is 13.8 Å². The Morgan fingerprint density at radius 3 is 2.62 bits per heavy atom. The number of ketones is 1. The first-order chi connectivity index (χ1) is 10.1. The van der Waals surface area contributed by atoms with Crippen molar-refractivity contribution in [1.82, 2.24) is 10.2 Å². The van der Waals surface area contributed by atoms with E-state index in [0.717, 1.165) is 0 Å². The van der Waals surface area contributed by atoms with Crippen LogP contribution >= 0.6 is 0 Å². The van der Waals surface area contributed by atoms with Crippen LogP contribution in [0.4, 0.5) is 0 Å². The number of aromatic nitrogens is 2. The number of rotatable bonds is 6. The van der Waals surface area contributed by atoms with Crippen LogP contribution in [0.5, 0.6) is 5.75 Å². The van der Waals surface area contributed by atoms with Gasteiger partial charge in [0.25, 0.3) is 0 Å². The molecule has 0 aliphatic rings. The summed E-state index contributed by atoms with van der Waals surface area (Å²) in [6.07, 6.45) is 0. The Hall–Kier alpha value is -2.27. The van der Waals surface area contributed by atoms with E-state index < -0.39 is 0 Å². The zero-order valence-corrected chi connectivity index (χ0v) is 12.4. The molecule has 0 unspecified atom stereocenters. The number of ether oxygens (including phenoxy) is 2. The fourth-order valence-corrected chi connectivity index (χ4v) is 1.94. The molecule has 0 N–H and O–H groups in total. The molecule has 0 saturated carbocycles. The summed E-state index contributed by atoms with van der Waals surface area (Å²) < 4.78 is 10.6.